The highest BCUT2D eigenvalue weighted by Gasteiger charge is 1.82. The smallest absolute Gasteiger partial charge is 0.0397 e. The number of hydrogen-bond donors (Lipinski definition) is 1. The minimum absolute atomic E-state index is 0.572. The SMILES string of the molecule is CC(C)C=NCCCN. The molecule has 0 fully saturated rings. The van der Waals surface area contributed by atoms with E-state index in [1.165, 1.54) is 0 Å². The molecule has 0 rings (SSSR count). The molecular formula is C7H16N2. The second kappa shape index (κ2) is 5.76. The molecule has 0 aliphatic rings. The summed E-state index contributed by atoms with van der Waals surface area (Å²) in [5, 5.41) is 0. The van der Waals surface area contributed by atoms with E-state index < -0.39 is 0 Å². The molecule has 0 aliphatic carbocycles. The van der Waals surface area contributed by atoms with Crippen LogP contribution in [-0.2, 0) is 0 Å². The van der Waals surface area contributed by atoms with Crippen molar-refractivity contribution in [3.05, 3.63) is 0 Å². The summed E-state index contributed by atoms with van der Waals surface area (Å²) in [4.78, 5) is 4.16. The van der Waals surface area contributed by atoms with Crippen LogP contribution in [0.4, 0.5) is 0 Å². The van der Waals surface area contributed by atoms with E-state index in [2.05, 4.69) is 18.8 Å². The van der Waals surface area contributed by atoms with Crippen LogP contribution < -0.4 is 5.73 Å². The molecule has 0 heterocycles. The third-order valence-electron chi connectivity index (χ3n) is 0.895. The van der Waals surface area contributed by atoms with Crippen LogP contribution in [-0.4, -0.2) is 19.3 Å². The summed E-state index contributed by atoms with van der Waals surface area (Å²) >= 11 is 0. The number of nitrogens with two attached hydrogens (primary N) is 1. The topological polar surface area (TPSA) is 38.4 Å². The molecule has 0 unspecified atom stereocenters. The van der Waals surface area contributed by atoms with Crippen molar-refractivity contribution in [3.8, 4) is 0 Å². The second-order valence-electron chi connectivity index (χ2n) is 2.44. The van der Waals surface area contributed by atoms with Gasteiger partial charge in [-0.1, -0.05) is 13.8 Å². The fourth-order valence-corrected chi connectivity index (χ4v) is 0.468. The Balaban J connectivity index is 3.04. The van der Waals surface area contributed by atoms with Gasteiger partial charge in [0, 0.05) is 12.8 Å². The molecule has 2 heteroatoms. The van der Waals surface area contributed by atoms with Gasteiger partial charge in [0.2, 0.25) is 0 Å². The summed E-state index contributed by atoms with van der Waals surface area (Å²) in [6, 6.07) is 0. The average Bonchev–Trinajstić information content (AvgIpc) is 1.80. The maximum absolute atomic E-state index is 5.27. The molecule has 0 aliphatic heterocycles. The highest BCUT2D eigenvalue weighted by Crippen LogP contribution is 1.85. The molecule has 0 aromatic heterocycles. The molecular weight excluding hydrogens is 112 g/mol. The summed E-state index contributed by atoms with van der Waals surface area (Å²) in [5.74, 6) is 0.572. The third-order valence-corrected chi connectivity index (χ3v) is 0.895. The van der Waals surface area contributed by atoms with Crippen molar-refractivity contribution >= 4 is 6.21 Å². The van der Waals surface area contributed by atoms with E-state index >= 15 is 0 Å². The number of nitrogens with zero attached hydrogens (tertiary/aromatic N) is 1. The van der Waals surface area contributed by atoms with E-state index in [0.29, 0.717) is 5.92 Å². The quantitative estimate of drug-likeness (QED) is 0.446. The van der Waals surface area contributed by atoms with Crippen LogP contribution >= 0.6 is 0 Å². The average molecular weight is 128 g/mol. The largest absolute Gasteiger partial charge is 0.330 e. The van der Waals surface area contributed by atoms with E-state index in [0.717, 1.165) is 19.5 Å². The zero-order chi connectivity index (χ0) is 7.11. The van der Waals surface area contributed by atoms with E-state index in [4.69, 9.17) is 5.73 Å². The van der Waals surface area contributed by atoms with Crippen LogP contribution in [0.1, 0.15) is 20.3 Å². The Bertz CT molecular complexity index is 77.0. The molecule has 0 aromatic rings. The van der Waals surface area contributed by atoms with Gasteiger partial charge in [-0.25, -0.2) is 0 Å². The summed E-state index contributed by atoms with van der Waals surface area (Å²) in [6.07, 6.45) is 2.97. The van der Waals surface area contributed by atoms with Gasteiger partial charge in [-0.15, -0.1) is 0 Å². The fourth-order valence-electron chi connectivity index (χ4n) is 0.468. The summed E-state index contributed by atoms with van der Waals surface area (Å²) in [7, 11) is 0. The normalized spacial score (nSPS) is 11.6. The van der Waals surface area contributed by atoms with Gasteiger partial charge in [0.15, 0.2) is 0 Å². The molecule has 9 heavy (non-hydrogen) atoms. The number of aliphatic imine (C=N–C) groups is 1. The Morgan fingerprint density at radius 3 is 2.67 bits per heavy atom. The van der Waals surface area contributed by atoms with Crippen LogP contribution in [0.2, 0.25) is 0 Å². The highest BCUT2D eigenvalue weighted by atomic mass is 14.7. The van der Waals surface area contributed by atoms with E-state index in [9.17, 15) is 0 Å². The zero-order valence-electron chi connectivity index (χ0n) is 6.30. The van der Waals surface area contributed by atoms with Crippen LogP contribution in [0.3, 0.4) is 0 Å². The van der Waals surface area contributed by atoms with Crippen LogP contribution in [0.5, 0.6) is 0 Å². The van der Waals surface area contributed by atoms with Crippen molar-refractivity contribution in [3.63, 3.8) is 0 Å². The van der Waals surface area contributed by atoms with Gasteiger partial charge in [0.1, 0.15) is 0 Å². The maximum atomic E-state index is 5.27. The highest BCUT2D eigenvalue weighted by molar-refractivity contribution is 5.59. The van der Waals surface area contributed by atoms with E-state index in [1.54, 1.807) is 0 Å². The van der Waals surface area contributed by atoms with Gasteiger partial charge >= 0.3 is 0 Å². The molecule has 54 valence electrons. The Kier molecular flexibility index (Phi) is 5.52. The lowest BCUT2D eigenvalue weighted by Gasteiger charge is -1.92. The molecule has 0 radical (unpaired) electrons. The van der Waals surface area contributed by atoms with Gasteiger partial charge in [-0.3, -0.25) is 4.99 Å². The molecule has 0 spiro atoms. The lowest BCUT2D eigenvalue weighted by molar-refractivity contribution is 0.829. The molecule has 2 N–H and O–H groups in total. The molecule has 0 atom stereocenters. The van der Waals surface area contributed by atoms with Crippen LogP contribution in [0, 0.1) is 5.92 Å². The molecule has 0 saturated carbocycles. The first-order chi connectivity index (χ1) is 4.27. The maximum Gasteiger partial charge on any atom is 0.0397 e. The first kappa shape index (κ1) is 8.63. The summed E-state index contributed by atoms with van der Waals surface area (Å²) in [6.45, 7) is 5.86. The molecule has 0 bridgehead atoms. The molecule has 0 amide bonds. The van der Waals surface area contributed by atoms with Crippen molar-refractivity contribution in [1.82, 2.24) is 0 Å². The van der Waals surface area contributed by atoms with Crippen molar-refractivity contribution < 1.29 is 0 Å². The minimum atomic E-state index is 0.572. The molecule has 0 aromatic carbocycles. The Morgan fingerprint density at radius 2 is 2.22 bits per heavy atom. The molecule has 0 saturated heterocycles. The summed E-state index contributed by atoms with van der Waals surface area (Å²) < 4.78 is 0. The van der Waals surface area contributed by atoms with Crippen molar-refractivity contribution in [1.29, 1.82) is 0 Å². The van der Waals surface area contributed by atoms with Gasteiger partial charge in [-0.2, -0.15) is 0 Å². The van der Waals surface area contributed by atoms with Crippen LogP contribution in [0.15, 0.2) is 4.99 Å². The van der Waals surface area contributed by atoms with Crippen molar-refractivity contribution in [2.24, 2.45) is 16.6 Å². The second-order valence-corrected chi connectivity index (χ2v) is 2.44. The lowest BCUT2D eigenvalue weighted by atomic mass is 10.2. The third kappa shape index (κ3) is 7.63. The Morgan fingerprint density at radius 1 is 1.56 bits per heavy atom. The number of hydrogen-bond acceptors (Lipinski definition) is 2. The lowest BCUT2D eigenvalue weighted by Crippen LogP contribution is -2.00. The predicted molar refractivity (Wildman–Crippen MR) is 41.9 cm³/mol. The van der Waals surface area contributed by atoms with E-state index in [-0.39, 0.29) is 0 Å². The monoisotopic (exact) mass is 128 g/mol. The van der Waals surface area contributed by atoms with E-state index in [1.807, 2.05) is 6.21 Å². The van der Waals surface area contributed by atoms with Gasteiger partial charge < -0.3 is 5.73 Å². The zero-order valence-corrected chi connectivity index (χ0v) is 6.30. The Labute approximate surface area is 57.2 Å². The number of rotatable bonds is 4. The van der Waals surface area contributed by atoms with Crippen molar-refractivity contribution in [2.75, 3.05) is 13.1 Å². The summed E-state index contributed by atoms with van der Waals surface area (Å²) in [5.41, 5.74) is 5.27. The fraction of sp³-hybridized carbons (Fsp3) is 0.857. The Hall–Kier alpha value is -0.370. The predicted octanol–water partition coefficient (Wildman–Crippen LogP) is 1.06. The standard InChI is InChI=1S/C7H16N2/c1-7(2)6-9-5-3-4-8/h6-7H,3-5,8H2,1-2H3. The van der Waals surface area contributed by atoms with Crippen molar-refractivity contribution in [2.45, 2.75) is 20.3 Å². The minimum Gasteiger partial charge on any atom is -0.330 e. The van der Waals surface area contributed by atoms with Gasteiger partial charge in [0.25, 0.3) is 0 Å². The van der Waals surface area contributed by atoms with Gasteiger partial charge in [0.05, 0.1) is 0 Å². The van der Waals surface area contributed by atoms with Gasteiger partial charge in [-0.05, 0) is 18.9 Å². The molecule has 2 nitrogen and oxygen atoms in total. The first-order valence-corrected chi connectivity index (χ1v) is 3.47. The van der Waals surface area contributed by atoms with Crippen LogP contribution in [0.25, 0.3) is 0 Å². The first-order valence-electron chi connectivity index (χ1n) is 3.47.